The first-order chi connectivity index (χ1) is 10.7. The summed E-state index contributed by atoms with van der Waals surface area (Å²) >= 11 is 6.28. The number of nitrogens with zero attached hydrogens (tertiary/aromatic N) is 1. The summed E-state index contributed by atoms with van der Waals surface area (Å²) in [4.78, 5) is 18.7. The second kappa shape index (κ2) is 6.20. The molecule has 2 heterocycles. The molecule has 0 saturated carbocycles. The van der Waals surface area contributed by atoms with Crippen molar-refractivity contribution in [1.82, 2.24) is 9.97 Å². The number of benzene rings is 1. The van der Waals surface area contributed by atoms with Crippen molar-refractivity contribution in [2.45, 2.75) is 20.0 Å². The first kappa shape index (κ1) is 14.6. The van der Waals surface area contributed by atoms with Crippen molar-refractivity contribution in [2.75, 3.05) is 0 Å². The van der Waals surface area contributed by atoms with Crippen LogP contribution in [0.2, 0.25) is 5.02 Å². The van der Waals surface area contributed by atoms with E-state index in [0.717, 1.165) is 22.0 Å². The van der Waals surface area contributed by atoms with E-state index in [1.807, 2.05) is 31.2 Å². The van der Waals surface area contributed by atoms with Crippen molar-refractivity contribution in [3.05, 3.63) is 69.2 Å². The monoisotopic (exact) mass is 314 g/mol. The minimum atomic E-state index is -0.0718. The molecule has 4 nitrogen and oxygen atoms in total. The minimum absolute atomic E-state index is 0.0718. The van der Waals surface area contributed by atoms with Gasteiger partial charge in [-0.15, -0.1) is 0 Å². The molecule has 0 bridgehead atoms. The van der Waals surface area contributed by atoms with Crippen LogP contribution in [-0.4, -0.2) is 9.97 Å². The van der Waals surface area contributed by atoms with Crippen LogP contribution >= 0.6 is 11.6 Å². The Morgan fingerprint density at radius 2 is 2.00 bits per heavy atom. The number of aryl methyl sites for hydroxylation is 1. The van der Waals surface area contributed by atoms with Crippen LogP contribution in [0.15, 0.2) is 47.5 Å². The van der Waals surface area contributed by atoms with Gasteiger partial charge < -0.3 is 9.72 Å². The van der Waals surface area contributed by atoms with Gasteiger partial charge in [0.05, 0.1) is 10.5 Å². The molecule has 3 aromatic rings. The minimum Gasteiger partial charge on any atom is -0.487 e. The van der Waals surface area contributed by atoms with Crippen molar-refractivity contribution in [2.24, 2.45) is 0 Å². The van der Waals surface area contributed by atoms with Gasteiger partial charge in [0, 0.05) is 29.4 Å². The lowest BCUT2D eigenvalue weighted by atomic mass is 10.1. The van der Waals surface area contributed by atoms with E-state index in [9.17, 15) is 4.79 Å². The van der Waals surface area contributed by atoms with Crippen molar-refractivity contribution >= 4 is 22.5 Å². The third-order valence-corrected chi connectivity index (χ3v) is 3.79. The highest BCUT2D eigenvalue weighted by atomic mass is 35.5. The van der Waals surface area contributed by atoms with E-state index < -0.39 is 0 Å². The molecule has 0 saturated heterocycles. The Bertz CT molecular complexity index is 860. The fourth-order valence-electron chi connectivity index (χ4n) is 2.27. The molecule has 0 aliphatic carbocycles. The highest BCUT2D eigenvalue weighted by molar-refractivity contribution is 6.32. The number of ether oxygens (including phenoxy) is 1. The number of nitrogens with one attached hydrogen (secondary N) is 1. The van der Waals surface area contributed by atoms with Crippen molar-refractivity contribution in [1.29, 1.82) is 0 Å². The lowest BCUT2D eigenvalue weighted by Crippen LogP contribution is -2.11. The van der Waals surface area contributed by atoms with E-state index in [0.29, 0.717) is 23.8 Å². The Balaban J connectivity index is 1.93. The summed E-state index contributed by atoms with van der Waals surface area (Å²) < 4.78 is 5.75. The first-order valence-corrected chi connectivity index (χ1v) is 7.42. The SMILES string of the molecule is CCc1cc2cc(Cl)c(OCc3ccncc3)cc2[nH]c1=O. The Kier molecular flexibility index (Phi) is 4.11. The van der Waals surface area contributed by atoms with Gasteiger partial charge in [-0.3, -0.25) is 9.78 Å². The largest absolute Gasteiger partial charge is 0.487 e. The predicted molar refractivity (Wildman–Crippen MR) is 87.5 cm³/mol. The lowest BCUT2D eigenvalue weighted by Gasteiger charge is -2.10. The molecule has 5 heteroatoms. The molecule has 22 heavy (non-hydrogen) atoms. The van der Waals surface area contributed by atoms with Gasteiger partial charge in [0.15, 0.2) is 0 Å². The quantitative estimate of drug-likeness (QED) is 0.798. The van der Waals surface area contributed by atoms with Gasteiger partial charge in [0.2, 0.25) is 0 Å². The predicted octanol–water partition coefficient (Wildman–Crippen LogP) is 3.72. The molecule has 0 fully saturated rings. The molecule has 0 unspecified atom stereocenters. The summed E-state index contributed by atoms with van der Waals surface area (Å²) in [5, 5.41) is 1.42. The third-order valence-electron chi connectivity index (χ3n) is 3.50. The standard InChI is InChI=1S/C17H15ClN2O2/c1-2-12-7-13-8-14(18)16(9-15(13)20-17(12)21)22-10-11-3-5-19-6-4-11/h3-9H,2,10H2,1H3,(H,20,21). The summed E-state index contributed by atoms with van der Waals surface area (Å²) in [7, 11) is 0. The summed E-state index contributed by atoms with van der Waals surface area (Å²) in [6, 6.07) is 9.20. The molecule has 3 rings (SSSR count). The van der Waals surface area contributed by atoms with Crippen LogP contribution in [0.3, 0.4) is 0 Å². The van der Waals surface area contributed by atoms with Gasteiger partial charge in [-0.05, 0) is 36.2 Å². The van der Waals surface area contributed by atoms with Crippen LogP contribution in [0.25, 0.3) is 10.9 Å². The average Bonchev–Trinajstić information content (AvgIpc) is 2.54. The third kappa shape index (κ3) is 2.97. The number of H-pyrrole nitrogens is 1. The molecule has 2 aromatic heterocycles. The molecule has 1 N–H and O–H groups in total. The van der Waals surface area contributed by atoms with Gasteiger partial charge >= 0.3 is 0 Å². The summed E-state index contributed by atoms with van der Waals surface area (Å²) in [6.07, 6.45) is 4.11. The second-order valence-corrected chi connectivity index (χ2v) is 5.40. The van der Waals surface area contributed by atoms with Crippen molar-refractivity contribution in [3.63, 3.8) is 0 Å². The number of aromatic amines is 1. The van der Waals surface area contributed by atoms with Crippen LogP contribution < -0.4 is 10.3 Å². The molecule has 0 amide bonds. The fourth-order valence-corrected chi connectivity index (χ4v) is 2.49. The molecular weight excluding hydrogens is 300 g/mol. The smallest absolute Gasteiger partial charge is 0.251 e. The number of hydrogen-bond acceptors (Lipinski definition) is 3. The maximum atomic E-state index is 11.9. The molecular formula is C17H15ClN2O2. The summed E-state index contributed by atoms with van der Waals surface area (Å²) in [5.41, 5.74) is 2.39. The van der Waals surface area contributed by atoms with Crippen LogP contribution in [-0.2, 0) is 13.0 Å². The number of hydrogen-bond donors (Lipinski definition) is 1. The molecule has 0 spiro atoms. The van der Waals surface area contributed by atoms with Crippen LogP contribution in [0.5, 0.6) is 5.75 Å². The van der Waals surface area contributed by atoms with Crippen LogP contribution in [0.4, 0.5) is 0 Å². The zero-order valence-electron chi connectivity index (χ0n) is 12.1. The van der Waals surface area contributed by atoms with E-state index in [1.165, 1.54) is 0 Å². The first-order valence-electron chi connectivity index (χ1n) is 7.04. The zero-order chi connectivity index (χ0) is 15.5. The van der Waals surface area contributed by atoms with Gasteiger partial charge in [0.1, 0.15) is 12.4 Å². The topological polar surface area (TPSA) is 55.0 Å². The molecule has 112 valence electrons. The Hall–Kier alpha value is -2.33. The van der Waals surface area contributed by atoms with Gasteiger partial charge in [0.25, 0.3) is 5.56 Å². The number of halogens is 1. The maximum absolute atomic E-state index is 11.9. The van der Waals surface area contributed by atoms with E-state index >= 15 is 0 Å². The van der Waals surface area contributed by atoms with Gasteiger partial charge in [-0.1, -0.05) is 18.5 Å². The summed E-state index contributed by atoms with van der Waals surface area (Å²) in [6.45, 7) is 2.34. The second-order valence-electron chi connectivity index (χ2n) is 4.99. The molecule has 0 aliphatic heterocycles. The van der Waals surface area contributed by atoms with Crippen LogP contribution in [0.1, 0.15) is 18.1 Å². The molecule has 0 atom stereocenters. The Labute approximate surface area is 132 Å². The summed E-state index contributed by atoms with van der Waals surface area (Å²) in [5.74, 6) is 0.547. The van der Waals surface area contributed by atoms with Gasteiger partial charge in [-0.2, -0.15) is 0 Å². The van der Waals surface area contributed by atoms with E-state index in [4.69, 9.17) is 16.3 Å². The molecule has 1 aromatic carbocycles. The maximum Gasteiger partial charge on any atom is 0.251 e. The number of pyridine rings is 2. The number of aromatic nitrogens is 2. The van der Waals surface area contributed by atoms with Crippen LogP contribution in [0, 0.1) is 0 Å². The highest BCUT2D eigenvalue weighted by Gasteiger charge is 2.08. The van der Waals surface area contributed by atoms with E-state index in [1.54, 1.807) is 18.5 Å². The fraction of sp³-hybridized carbons (Fsp3) is 0.176. The zero-order valence-corrected chi connectivity index (χ0v) is 12.9. The Morgan fingerprint density at radius 1 is 1.23 bits per heavy atom. The lowest BCUT2D eigenvalue weighted by molar-refractivity contribution is 0.306. The van der Waals surface area contributed by atoms with Gasteiger partial charge in [-0.25, -0.2) is 0 Å². The molecule has 0 aliphatic rings. The average molecular weight is 315 g/mol. The van der Waals surface area contributed by atoms with Crippen molar-refractivity contribution in [3.8, 4) is 5.75 Å². The normalized spacial score (nSPS) is 10.8. The van der Waals surface area contributed by atoms with E-state index in [2.05, 4.69) is 9.97 Å². The molecule has 0 radical (unpaired) electrons. The number of rotatable bonds is 4. The number of fused-ring (bicyclic) bond motifs is 1. The van der Waals surface area contributed by atoms with Crippen molar-refractivity contribution < 1.29 is 4.74 Å². The van der Waals surface area contributed by atoms with E-state index in [-0.39, 0.29) is 5.56 Å². The Morgan fingerprint density at radius 3 is 2.73 bits per heavy atom. The highest BCUT2D eigenvalue weighted by Crippen LogP contribution is 2.29.